The van der Waals surface area contributed by atoms with Gasteiger partial charge in [0.25, 0.3) is 0 Å². The zero-order valence-electron chi connectivity index (χ0n) is 13.0. The van der Waals surface area contributed by atoms with Gasteiger partial charge in [-0.3, -0.25) is 0 Å². The summed E-state index contributed by atoms with van der Waals surface area (Å²) in [4.78, 5) is 4.09. The van der Waals surface area contributed by atoms with Crippen LogP contribution in [0.4, 0.5) is 10.1 Å². The molecule has 1 aromatic heterocycles. The van der Waals surface area contributed by atoms with E-state index in [0.717, 1.165) is 11.4 Å². The van der Waals surface area contributed by atoms with Crippen molar-refractivity contribution in [3.63, 3.8) is 0 Å². The smallest absolute Gasteiger partial charge is 0.213 e. The second kappa shape index (κ2) is 9.66. The Kier molecular flexibility index (Phi) is 7.55. The quantitative estimate of drug-likeness (QED) is 0.552. The van der Waals surface area contributed by atoms with Gasteiger partial charge in [-0.2, -0.15) is 11.8 Å². The Morgan fingerprint density at radius 2 is 2.21 bits per heavy atom. The van der Waals surface area contributed by atoms with Gasteiger partial charge >= 0.3 is 0 Å². The zero-order valence-corrected chi connectivity index (χ0v) is 15.4. The highest BCUT2D eigenvalue weighted by Crippen LogP contribution is 2.23. The Bertz CT molecular complexity index is 665. The average Bonchev–Trinajstić information content (AvgIpc) is 2.57. The van der Waals surface area contributed by atoms with Crippen LogP contribution in [0.15, 0.2) is 36.5 Å². The van der Waals surface area contributed by atoms with Crippen molar-refractivity contribution in [2.45, 2.75) is 5.75 Å². The number of methoxy groups -OCH3 is 1. The first kappa shape index (κ1) is 18.8. The van der Waals surface area contributed by atoms with E-state index in [9.17, 15) is 4.39 Å². The molecule has 0 spiro atoms. The molecule has 0 unspecified atom stereocenters. The Morgan fingerprint density at radius 1 is 1.38 bits per heavy atom. The minimum Gasteiger partial charge on any atom is -0.481 e. The van der Waals surface area contributed by atoms with Gasteiger partial charge in [0.2, 0.25) is 5.88 Å². The molecule has 0 saturated heterocycles. The van der Waals surface area contributed by atoms with Crippen LogP contribution in [0.5, 0.6) is 5.88 Å². The summed E-state index contributed by atoms with van der Waals surface area (Å²) in [6, 6.07) is 8.29. The number of pyridine rings is 1. The number of nitrogens with zero attached hydrogens (tertiary/aromatic N) is 1. The molecule has 2 aromatic rings. The van der Waals surface area contributed by atoms with Crippen molar-refractivity contribution < 1.29 is 9.13 Å². The number of anilines is 1. The summed E-state index contributed by atoms with van der Waals surface area (Å²) in [6.07, 6.45) is 1.64. The maximum absolute atomic E-state index is 13.6. The second-order valence-electron chi connectivity index (χ2n) is 4.72. The fourth-order valence-corrected chi connectivity index (χ4v) is 3.25. The van der Waals surface area contributed by atoms with Gasteiger partial charge in [-0.1, -0.05) is 17.7 Å². The Hall–Kier alpha value is -1.57. The predicted octanol–water partition coefficient (Wildman–Crippen LogP) is 4.10. The number of aromatic nitrogens is 1. The van der Waals surface area contributed by atoms with E-state index in [2.05, 4.69) is 15.6 Å². The van der Waals surface area contributed by atoms with Crippen molar-refractivity contribution in [3.8, 4) is 5.88 Å². The lowest BCUT2D eigenvalue weighted by Crippen LogP contribution is -2.30. The fourth-order valence-electron chi connectivity index (χ4n) is 1.83. The lowest BCUT2D eigenvalue weighted by molar-refractivity contribution is 0.398. The van der Waals surface area contributed by atoms with Gasteiger partial charge in [-0.15, -0.1) is 0 Å². The molecule has 1 heterocycles. The number of thioether (sulfide) groups is 1. The third kappa shape index (κ3) is 5.81. The predicted molar refractivity (Wildman–Crippen MR) is 103 cm³/mol. The molecule has 0 fully saturated rings. The minimum atomic E-state index is -0.271. The summed E-state index contributed by atoms with van der Waals surface area (Å²) in [6.45, 7) is 0.659. The lowest BCUT2D eigenvalue weighted by Gasteiger charge is -2.11. The van der Waals surface area contributed by atoms with Crippen LogP contribution >= 0.6 is 35.6 Å². The Morgan fingerprint density at radius 3 is 2.88 bits per heavy atom. The van der Waals surface area contributed by atoms with Crippen LogP contribution in [-0.4, -0.2) is 29.5 Å². The van der Waals surface area contributed by atoms with E-state index in [1.165, 1.54) is 6.07 Å². The highest BCUT2D eigenvalue weighted by molar-refractivity contribution is 7.98. The molecule has 0 aliphatic carbocycles. The van der Waals surface area contributed by atoms with Crippen LogP contribution in [0.25, 0.3) is 0 Å². The molecule has 0 atom stereocenters. The summed E-state index contributed by atoms with van der Waals surface area (Å²) < 4.78 is 18.6. The van der Waals surface area contributed by atoms with Gasteiger partial charge in [-0.05, 0) is 30.4 Å². The number of hydrogen-bond acceptors (Lipinski definition) is 4. The molecule has 4 nitrogen and oxygen atoms in total. The molecule has 0 aliphatic heterocycles. The van der Waals surface area contributed by atoms with Crippen molar-refractivity contribution in [1.29, 1.82) is 0 Å². The highest BCUT2D eigenvalue weighted by atomic mass is 35.5. The van der Waals surface area contributed by atoms with Crippen molar-refractivity contribution in [2.75, 3.05) is 24.7 Å². The molecule has 128 valence electrons. The first-order valence-corrected chi connectivity index (χ1v) is 9.10. The highest BCUT2D eigenvalue weighted by Gasteiger charge is 2.06. The van der Waals surface area contributed by atoms with E-state index in [1.807, 2.05) is 6.07 Å². The second-order valence-corrected chi connectivity index (χ2v) is 6.64. The maximum atomic E-state index is 13.6. The van der Waals surface area contributed by atoms with Gasteiger partial charge in [0, 0.05) is 34.7 Å². The van der Waals surface area contributed by atoms with Crippen LogP contribution < -0.4 is 15.4 Å². The first-order chi connectivity index (χ1) is 11.6. The van der Waals surface area contributed by atoms with E-state index in [1.54, 1.807) is 43.3 Å². The van der Waals surface area contributed by atoms with Crippen molar-refractivity contribution in [1.82, 2.24) is 10.3 Å². The molecule has 8 heteroatoms. The molecule has 0 bridgehead atoms. The number of ether oxygens (including phenoxy) is 1. The molecule has 24 heavy (non-hydrogen) atoms. The van der Waals surface area contributed by atoms with Crippen molar-refractivity contribution in [3.05, 3.63) is 52.9 Å². The van der Waals surface area contributed by atoms with Gasteiger partial charge in [0.05, 0.1) is 19.0 Å². The number of nitrogens with one attached hydrogen (secondary N) is 2. The normalized spacial score (nSPS) is 10.3. The Labute approximate surface area is 155 Å². The molecule has 2 N–H and O–H groups in total. The van der Waals surface area contributed by atoms with Crippen LogP contribution in [0.1, 0.15) is 5.56 Å². The van der Waals surface area contributed by atoms with E-state index in [-0.39, 0.29) is 5.82 Å². The molecular weight excluding hydrogens is 369 g/mol. The molecular formula is C16H17ClFN3OS2. The molecule has 0 radical (unpaired) electrons. The minimum absolute atomic E-state index is 0.271. The van der Waals surface area contributed by atoms with Gasteiger partial charge in [0.15, 0.2) is 5.11 Å². The first-order valence-electron chi connectivity index (χ1n) is 7.15. The molecule has 2 rings (SSSR count). The number of thiocarbonyl (C=S) groups is 1. The molecule has 0 aliphatic rings. The Balaban J connectivity index is 1.67. The SMILES string of the molecule is COc1ccc(NC(=S)NCCSCc2c(F)cccc2Cl)cn1. The molecule has 0 amide bonds. The van der Waals surface area contributed by atoms with Crippen LogP contribution in [0.2, 0.25) is 5.02 Å². The van der Waals surface area contributed by atoms with Crippen LogP contribution in [-0.2, 0) is 5.75 Å². The van der Waals surface area contributed by atoms with Gasteiger partial charge in [-0.25, -0.2) is 9.37 Å². The number of benzene rings is 1. The van der Waals surface area contributed by atoms with Gasteiger partial charge < -0.3 is 15.4 Å². The summed E-state index contributed by atoms with van der Waals surface area (Å²) in [7, 11) is 1.56. The maximum Gasteiger partial charge on any atom is 0.213 e. The molecule has 0 saturated carbocycles. The van der Waals surface area contributed by atoms with Crippen LogP contribution in [0.3, 0.4) is 0 Å². The number of hydrogen-bond donors (Lipinski definition) is 2. The number of rotatable bonds is 7. The molecule has 1 aromatic carbocycles. The summed E-state index contributed by atoms with van der Waals surface area (Å²) >= 11 is 12.8. The third-order valence-electron chi connectivity index (χ3n) is 3.04. The fraction of sp³-hybridized carbons (Fsp3) is 0.250. The average molecular weight is 386 g/mol. The van der Waals surface area contributed by atoms with Crippen molar-refractivity contribution >= 4 is 46.4 Å². The number of halogens is 2. The van der Waals surface area contributed by atoms with E-state index in [0.29, 0.717) is 33.9 Å². The zero-order chi connectivity index (χ0) is 17.4. The van der Waals surface area contributed by atoms with E-state index < -0.39 is 0 Å². The largest absolute Gasteiger partial charge is 0.481 e. The topological polar surface area (TPSA) is 46.2 Å². The van der Waals surface area contributed by atoms with Gasteiger partial charge in [0.1, 0.15) is 5.82 Å². The van der Waals surface area contributed by atoms with Crippen LogP contribution in [0, 0.1) is 5.82 Å². The van der Waals surface area contributed by atoms with E-state index >= 15 is 0 Å². The standard InChI is InChI=1S/C16H17ClFN3OS2/c1-22-15-6-5-11(9-20-15)21-16(23)19-7-8-24-10-12-13(17)3-2-4-14(12)18/h2-6,9H,7-8,10H2,1H3,(H2,19,21,23). The lowest BCUT2D eigenvalue weighted by atomic mass is 10.2. The summed E-state index contributed by atoms with van der Waals surface area (Å²) in [5, 5.41) is 7.08. The summed E-state index contributed by atoms with van der Waals surface area (Å²) in [5.41, 5.74) is 1.31. The summed E-state index contributed by atoms with van der Waals surface area (Å²) in [5.74, 6) is 1.57. The third-order valence-corrected chi connectivity index (χ3v) is 4.63. The monoisotopic (exact) mass is 385 g/mol. The van der Waals surface area contributed by atoms with E-state index in [4.69, 9.17) is 28.6 Å². The van der Waals surface area contributed by atoms with Crippen molar-refractivity contribution in [2.24, 2.45) is 0 Å².